The minimum absolute atomic E-state index is 0.110. The highest BCUT2D eigenvalue weighted by atomic mass is 35.5. The summed E-state index contributed by atoms with van der Waals surface area (Å²) in [5.41, 5.74) is 1.44. The molecule has 1 saturated heterocycles. The monoisotopic (exact) mass is 390 g/mol. The van der Waals surface area contributed by atoms with Gasteiger partial charge in [-0.2, -0.15) is 0 Å². The van der Waals surface area contributed by atoms with Gasteiger partial charge in [0.2, 0.25) is 0 Å². The highest BCUT2D eigenvalue weighted by Gasteiger charge is 2.23. The number of halogens is 2. The van der Waals surface area contributed by atoms with E-state index in [0.717, 1.165) is 5.56 Å². The fourth-order valence-corrected chi connectivity index (χ4v) is 2.73. The number of amides is 3. The second-order valence-electron chi connectivity index (χ2n) is 5.64. The Morgan fingerprint density at radius 1 is 1.11 bits per heavy atom. The van der Waals surface area contributed by atoms with Crippen LogP contribution in [0.25, 0.3) is 6.08 Å². The van der Waals surface area contributed by atoms with E-state index in [1.807, 2.05) is 6.92 Å². The Morgan fingerprint density at radius 3 is 2.48 bits per heavy atom. The molecule has 1 aliphatic rings. The Kier molecular flexibility index (Phi) is 5.61. The molecular formula is C19H16ClFN2O4. The van der Waals surface area contributed by atoms with Gasteiger partial charge < -0.3 is 14.8 Å². The molecule has 0 radical (unpaired) electrons. The van der Waals surface area contributed by atoms with E-state index >= 15 is 0 Å². The van der Waals surface area contributed by atoms with E-state index in [-0.39, 0.29) is 23.1 Å². The van der Waals surface area contributed by atoms with Gasteiger partial charge in [-0.3, -0.25) is 10.1 Å². The Bertz CT molecular complexity index is 913. The second-order valence-corrected chi connectivity index (χ2v) is 6.05. The summed E-state index contributed by atoms with van der Waals surface area (Å²) < 4.78 is 24.4. The van der Waals surface area contributed by atoms with Gasteiger partial charge in [0, 0.05) is 0 Å². The third-order valence-electron chi connectivity index (χ3n) is 3.66. The number of ether oxygens (including phenoxy) is 2. The zero-order chi connectivity index (χ0) is 19.4. The summed E-state index contributed by atoms with van der Waals surface area (Å²) in [5.74, 6) is -0.119. The van der Waals surface area contributed by atoms with Crippen LogP contribution in [0.3, 0.4) is 0 Å². The van der Waals surface area contributed by atoms with Crippen LogP contribution in [0.2, 0.25) is 5.02 Å². The van der Waals surface area contributed by atoms with E-state index in [9.17, 15) is 14.0 Å². The lowest BCUT2D eigenvalue weighted by Crippen LogP contribution is -2.22. The summed E-state index contributed by atoms with van der Waals surface area (Å²) in [7, 11) is 0. The van der Waals surface area contributed by atoms with Gasteiger partial charge >= 0.3 is 6.03 Å². The fraction of sp³-hybridized carbons (Fsp3) is 0.158. The lowest BCUT2D eigenvalue weighted by atomic mass is 10.1. The molecule has 0 atom stereocenters. The molecule has 2 aromatic rings. The molecule has 0 bridgehead atoms. The van der Waals surface area contributed by atoms with Crippen LogP contribution in [0.1, 0.15) is 18.1 Å². The van der Waals surface area contributed by atoms with Crippen LogP contribution in [0, 0.1) is 5.82 Å². The second kappa shape index (κ2) is 8.09. The van der Waals surface area contributed by atoms with Crippen molar-refractivity contribution in [3.05, 3.63) is 64.1 Å². The summed E-state index contributed by atoms with van der Waals surface area (Å²) in [4.78, 5) is 22.9. The zero-order valence-electron chi connectivity index (χ0n) is 14.3. The van der Waals surface area contributed by atoms with Crippen LogP contribution in [-0.2, 0) is 11.4 Å². The van der Waals surface area contributed by atoms with Crippen molar-refractivity contribution in [3.63, 3.8) is 0 Å². The van der Waals surface area contributed by atoms with Crippen molar-refractivity contribution in [3.8, 4) is 11.5 Å². The molecule has 8 heteroatoms. The molecule has 2 aromatic carbocycles. The third-order valence-corrected chi connectivity index (χ3v) is 3.94. The highest BCUT2D eigenvalue weighted by molar-refractivity contribution is 6.32. The number of benzene rings is 2. The van der Waals surface area contributed by atoms with Crippen LogP contribution >= 0.6 is 11.6 Å². The number of nitrogens with one attached hydrogen (secondary N) is 2. The van der Waals surface area contributed by atoms with E-state index in [1.54, 1.807) is 24.3 Å². The summed E-state index contributed by atoms with van der Waals surface area (Å²) in [6.45, 7) is 2.37. The molecule has 0 aromatic heterocycles. The minimum Gasteiger partial charge on any atom is -0.490 e. The Balaban J connectivity index is 1.85. The molecule has 3 amide bonds. The standard InChI is InChI=1S/C19H16ClFN2O4/c1-2-26-16-9-12(8-15-18(24)23-19(25)22-15)7-14(20)17(16)27-10-11-3-5-13(21)6-4-11/h3-9H,2,10H2,1H3,(H2,22,23,24,25)/b15-8-. The number of carbonyl (C=O) groups excluding carboxylic acids is 2. The minimum atomic E-state index is -0.582. The lowest BCUT2D eigenvalue weighted by Gasteiger charge is -2.14. The molecule has 1 fully saturated rings. The number of rotatable bonds is 6. The fourth-order valence-electron chi connectivity index (χ4n) is 2.46. The van der Waals surface area contributed by atoms with Crippen molar-refractivity contribution >= 4 is 29.6 Å². The maximum atomic E-state index is 13.0. The van der Waals surface area contributed by atoms with Gasteiger partial charge in [-0.25, -0.2) is 9.18 Å². The number of urea groups is 1. The van der Waals surface area contributed by atoms with Crippen LogP contribution in [-0.4, -0.2) is 18.5 Å². The molecule has 6 nitrogen and oxygen atoms in total. The first-order valence-corrected chi connectivity index (χ1v) is 8.51. The van der Waals surface area contributed by atoms with Crippen molar-refractivity contribution in [1.29, 1.82) is 0 Å². The van der Waals surface area contributed by atoms with Gasteiger partial charge in [0.05, 0.1) is 11.6 Å². The Morgan fingerprint density at radius 2 is 1.85 bits per heavy atom. The first-order valence-electron chi connectivity index (χ1n) is 8.14. The highest BCUT2D eigenvalue weighted by Crippen LogP contribution is 2.37. The third kappa shape index (κ3) is 4.57. The predicted octanol–water partition coefficient (Wildman–Crippen LogP) is 3.64. The van der Waals surface area contributed by atoms with Crippen LogP contribution in [0.5, 0.6) is 11.5 Å². The molecule has 0 unspecified atom stereocenters. The van der Waals surface area contributed by atoms with Crippen molar-refractivity contribution < 1.29 is 23.5 Å². The number of hydrogen-bond donors (Lipinski definition) is 2. The quantitative estimate of drug-likeness (QED) is 0.583. The largest absolute Gasteiger partial charge is 0.490 e. The molecule has 27 heavy (non-hydrogen) atoms. The number of hydrogen-bond acceptors (Lipinski definition) is 4. The van der Waals surface area contributed by atoms with Gasteiger partial charge in [-0.05, 0) is 48.4 Å². The van der Waals surface area contributed by atoms with Crippen molar-refractivity contribution in [2.45, 2.75) is 13.5 Å². The lowest BCUT2D eigenvalue weighted by molar-refractivity contribution is -0.115. The van der Waals surface area contributed by atoms with Crippen molar-refractivity contribution in [2.75, 3.05) is 6.61 Å². The van der Waals surface area contributed by atoms with Crippen molar-refractivity contribution in [1.82, 2.24) is 10.6 Å². The maximum Gasteiger partial charge on any atom is 0.326 e. The first kappa shape index (κ1) is 18.7. The molecule has 140 valence electrons. The van der Waals surface area contributed by atoms with E-state index in [2.05, 4.69) is 10.6 Å². The average Bonchev–Trinajstić information content (AvgIpc) is 2.93. The number of imide groups is 1. The topological polar surface area (TPSA) is 76.7 Å². The molecular weight excluding hydrogens is 375 g/mol. The summed E-state index contributed by atoms with van der Waals surface area (Å²) in [6.07, 6.45) is 1.48. The molecule has 2 N–H and O–H groups in total. The van der Waals surface area contributed by atoms with E-state index in [1.165, 1.54) is 18.2 Å². The van der Waals surface area contributed by atoms with Crippen LogP contribution < -0.4 is 20.1 Å². The average molecular weight is 391 g/mol. The van der Waals surface area contributed by atoms with Gasteiger partial charge in [0.1, 0.15) is 18.1 Å². The maximum absolute atomic E-state index is 13.0. The van der Waals surface area contributed by atoms with Gasteiger partial charge in [-0.15, -0.1) is 0 Å². The first-order chi connectivity index (χ1) is 13.0. The van der Waals surface area contributed by atoms with E-state index in [0.29, 0.717) is 23.7 Å². The smallest absolute Gasteiger partial charge is 0.326 e. The molecule has 0 aliphatic carbocycles. The predicted molar refractivity (Wildman–Crippen MR) is 98.0 cm³/mol. The summed E-state index contributed by atoms with van der Waals surface area (Å²) in [6, 6.07) is 8.59. The van der Waals surface area contributed by atoms with Gasteiger partial charge in [0.25, 0.3) is 5.91 Å². The number of carbonyl (C=O) groups is 2. The Hall–Kier alpha value is -3.06. The van der Waals surface area contributed by atoms with E-state index < -0.39 is 11.9 Å². The molecule has 1 heterocycles. The van der Waals surface area contributed by atoms with Crippen LogP contribution in [0.15, 0.2) is 42.1 Å². The van der Waals surface area contributed by atoms with Gasteiger partial charge in [-0.1, -0.05) is 23.7 Å². The molecule has 1 aliphatic heterocycles. The van der Waals surface area contributed by atoms with Gasteiger partial charge in [0.15, 0.2) is 11.5 Å². The van der Waals surface area contributed by atoms with E-state index in [4.69, 9.17) is 21.1 Å². The Labute approximate surface area is 159 Å². The summed E-state index contributed by atoms with van der Waals surface area (Å²) >= 11 is 6.33. The SMILES string of the molecule is CCOc1cc(/C=C2\NC(=O)NC2=O)cc(Cl)c1OCc1ccc(F)cc1. The van der Waals surface area contributed by atoms with Crippen LogP contribution in [0.4, 0.5) is 9.18 Å². The summed E-state index contributed by atoms with van der Waals surface area (Å²) in [5, 5.41) is 4.80. The zero-order valence-corrected chi connectivity index (χ0v) is 15.1. The molecule has 3 rings (SSSR count). The van der Waals surface area contributed by atoms with Crippen molar-refractivity contribution in [2.24, 2.45) is 0 Å². The molecule has 0 spiro atoms. The molecule has 0 saturated carbocycles. The normalized spacial score (nSPS) is 14.9.